The minimum atomic E-state index is -0.555. The van der Waals surface area contributed by atoms with Gasteiger partial charge in [0.05, 0.1) is 18.8 Å². The van der Waals surface area contributed by atoms with Gasteiger partial charge in [-0.05, 0) is 64.6 Å². The molecule has 5 nitrogen and oxygen atoms in total. The number of hydrogen-bond donors (Lipinski definition) is 0. The van der Waals surface area contributed by atoms with Gasteiger partial charge in [0.25, 0.3) is 0 Å². The molecule has 0 saturated carbocycles. The molecule has 0 aliphatic carbocycles. The highest BCUT2D eigenvalue weighted by Gasteiger charge is 2.15. The number of carbonyl (C=O) groups excluding carboxylic acids is 1. The Labute approximate surface area is 205 Å². The zero-order valence-corrected chi connectivity index (χ0v) is 20.3. The number of hydrogen-bond acceptors (Lipinski definition) is 5. The Morgan fingerprint density at radius 1 is 1.00 bits per heavy atom. The maximum absolute atomic E-state index is 12.3. The molecule has 0 amide bonds. The SMILES string of the molecule is COc1cc(C=C(C#N)c2ccc(Cl)cc2)ccc1OC(=O)COc1ccc(C(C)(C)C)cc1. The van der Waals surface area contributed by atoms with Crippen LogP contribution in [0.15, 0.2) is 66.7 Å². The van der Waals surface area contributed by atoms with Gasteiger partial charge < -0.3 is 14.2 Å². The molecule has 0 spiro atoms. The first-order chi connectivity index (χ1) is 16.2. The largest absolute Gasteiger partial charge is 0.493 e. The molecule has 0 N–H and O–H groups in total. The van der Waals surface area contributed by atoms with Crippen LogP contribution in [0.2, 0.25) is 5.02 Å². The van der Waals surface area contributed by atoms with E-state index in [-0.39, 0.29) is 17.8 Å². The van der Waals surface area contributed by atoms with E-state index in [0.29, 0.717) is 22.1 Å². The van der Waals surface area contributed by atoms with Crippen molar-refractivity contribution >= 4 is 29.2 Å². The van der Waals surface area contributed by atoms with Crippen LogP contribution in [0, 0.1) is 11.3 Å². The summed E-state index contributed by atoms with van der Waals surface area (Å²) in [6.07, 6.45) is 1.72. The molecule has 0 saturated heterocycles. The van der Waals surface area contributed by atoms with Crippen molar-refractivity contribution in [2.45, 2.75) is 26.2 Å². The normalized spacial score (nSPS) is 11.5. The molecule has 0 fully saturated rings. The average Bonchev–Trinajstić information content (AvgIpc) is 2.82. The summed E-state index contributed by atoms with van der Waals surface area (Å²) in [5.41, 5.74) is 3.15. The Hall–Kier alpha value is -3.75. The number of ether oxygens (including phenoxy) is 3. The fourth-order valence-corrected chi connectivity index (χ4v) is 3.31. The highest BCUT2D eigenvalue weighted by atomic mass is 35.5. The van der Waals surface area contributed by atoms with Gasteiger partial charge in [-0.3, -0.25) is 0 Å². The van der Waals surface area contributed by atoms with E-state index in [2.05, 4.69) is 26.8 Å². The van der Waals surface area contributed by atoms with Gasteiger partial charge in [0.2, 0.25) is 0 Å². The van der Waals surface area contributed by atoms with E-state index in [4.69, 9.17) is 25.8 Å². The van der Waals surface area contributed by atoms with Gasteiger partial charge >= 0.3 is 5.97 Å². The predicted molar refractivity (Wildman–Crippen MR) is 134 cm³/mol. The molecule has 174 valence electrons. The first-order valence-corrected chi connectivity index (χ1v) is 11.1. The summed E-state index contributed by atoms with van der Waals surface area (Å²) in [6, 6.07) is 21.9. The first-order valence-electron chi connectivity index (χ1n) is 10.7. The predicted octanol–water partition coefficient (Wildman–Crippen LogP) is 6.69. The second-order valence-electron chi connectivity index (χ2n) is 8.62. The van der Waals surface area contributed by atoms with E-state index in [0.717, 1.165) is 11.1 Å². The summed E-state index contributed by atoms with van der Waals surface area (Å²) in [7, 11) is 1.48. The molecule has 0 aromatic heterocycles. The minimum Gasteiger partial charge on any atom is -0.493 e. The number of benzene rings is 3. The monoisotopic (exact) mass is 475 g/mol. The van der Waals surface area contributed by atoms with Gasteiger partial charge in [-0.15, -0.1) is 0 Å². The Bertz CT molecular complexity index is 1220. The van der Waals surface area contributed by atoms with Gasteiger partial charge in [-0.1, -0.05) is 62.7 Å². The summed E-state index contributed by atoms with van der Waals surface area (Å²) >= 11 is 5.93. The number of rotatable bonds is 7. The highest BCUT2D eigenvalue weighted by Crippen LogP contribution is 2.30. The van der Waals surface area contributed by atoms with Gasteiger partial charge in [0, 0.05) is 5.02 Å². The molecule has 0 unspecified atom stereocenters. The van der Waals surface area contributed by atoms with Crippen molar-refractivity contribution in [3.05, 3.63) is 88.4 Å². The van der Waals surface area contributed by atoms with Crippen LogP contribution in [-0.4, -0.2) is 19.7 Å². The lowest BCUT2D eigenvalue weighted by Crippen LogP contribution is -2.18. The number of esters is 1. The molecule has 0 aliphatic rings. The minimum absolute atomic E-state index is 0.0399. The molecule has 0 bridgehead atoms. The van der Waals surface area contributed by atoms with Crippen LogP contribution in [-0.2, 0) is 10.2 Å². The molecule has 0 aliphatic heterocycles. The van der Waals surface area contributed by atoms with Crippen molar-refractivity contribution in [2.75, 3.05) is 13.7 Å². The van der Waals surface area contributed by atoms with Crippen molar-refractivity contribution in [3.8, 4) is 23.3 Å². The van der Waals surface area contributed by atoms with Crippen LogP contribution in [0.3, 0.4) is 0 Å². The summed E-state index contributed by atoms with van der Waals surface area (Å²) in [6.45, 7) is 6.16. The van der Waals surface area contributed by atoms with Gasteiger partial charge in [-0.25, -0.2) is 4.79 Å². The lowest BCUT2D eigenvalue weighted by Gasteiger charge is -2.19. The lowest BCUT2D eigenvalue weighted by atomic mass is 9.87. The van der Waals surface area contributed by atoms with Gasteiger partial charge in [0.1, 0.15) is 5.75 Å². The number of methoxy groups -OCH3 is 1. The standard InChI is InChI=1S/C28H26ClNO4/c1-28(2,3)22-8-12-24(13-9-22)33-18-27(31)34-25-14-5-19(16-26(25)32-4)15-21(17-30)20-6-10-23(29)11-7-20/h5-16H,18H2,1-4H3. The van der Waals surface area contributed by atoms with Gasteiger partial charge in [0.15, 0.2) is 18.1 Å². The summed E-state index contributed by atoms with van der Waals surface area (Å²) in [4.78, 5) is 12.3. The van der Waals surface area contributed by atoms with Gasteiger partial charge in [-0.2, -0.15) is 5.26 Å². The number of nitrogens with zero attached hydrogens (tertiary/aromatic N) is 1. The third-order valence-electron chi connectivity index (χ3n) is 5.08. The van der Waals surface area contributed by atoms with E-state index in [1.807, 2.05) is 24.3 Å². The topological polar surface area (TPSA) is 68.5 Å². The van der Waals surface area contributed by atoms with Crippen molar-refractivity contribution in [3.63, 3.8) is 0 Å². The van der Waals surface area contributed by atoms with E-state index < -0.39 is 5.97 Å². The third-order valence-corrected chi connectivity index (χ3v) is 5.33. The Balaban J connectivity index is 1.67. The second-order valence-corrected chi connectivity index (χ2v) is 9.06. The molecule has 3 rings (SSSR count). The fraction of sp³-hybridized carbons (Fsp3) is 0.214. The molecule has 0 heterocycles. The molecule has 0 radical (unpaired) electrons. The van der Waals surface area contributed by atoms with Crippen LogP contribution in [0.4, 0.5) is 0 Å². The fourth-order valence-electron chi connectivity index (χ4n) is 3.18. The van der Waals surface area contributed by atoms with Crippen LogP contribution in [0.25, 0.3) is 11.6 Å². The molecular weight excluding hydrogens is 450 g/mol. The number of nitriles is 1. The summed E-state index contributed by atoms with van der Waals surface area (Å²) < 4.78 is 16.4. The number of halogens is 1. The smallest absolute Gasteiger partial charge is 0.349 e. The molecule has 3 aromatic rings. The van der Waals surface area contributed by atoms with E-state index in [9.17, 15) is 10.1 Å². The van der Waals surface area contributed by atoms with Crippen LogP contribution in [0.5, 0.6) is 17.2 Å². The van der Waals surface area contributed by atoms with Crippen molar-refractivity contribution in [1.82, 2.24) is 0 Å². The quantitative estimate of drug-likeness (QED) is 0.165. The van der Waals surface area contributed by atoms with Crippen LogP contribution >= 0.6 is 11.6 Å². The zero-order valence-electron chi connectivity index (χ0n) is 19.6. The zero-order chi connectivity index (χ0) is 24.7. The molecule has 0 atom stereocenters. The molecule has 6 heteroatoms. The van der Waals surface area contributed by atoms with Crippen molar-refractivity contribution in [2.24, 2.45) is 0 Å². The Kier molecular flexibility index (Phi) is 7.99. The highest BCUT2D eigenvalue weighted by molar-refractivity contribution is 6.30. The van der Waals surface area contributed by atoms with E-state index in [1.54, 1.807) is 48.5 Å². The third kappa shape index (κ3) is 6.63. The van der Waals surface area contributed by atoms with Crippen LogP contribution < -0.4 is 14.2 Å². The van der Waals surface area contributed by atoms with E-state index in [1.165, 1.54) is 12.7 Å². The number of allylic oxidation sites excluding steroid dienone is 1. The summed E-state index contributed by atoms with van der Waals surface area (Å²) in [5.74, 6) is 0.662. The lowest BCUT2D eigenvalue weighted by molar-refractivity contribution is -0.136. The van der Waals surface area contributed by atoms with Crippen molar-refractivity contribution in [1.29, 1.82) is 5.26 Å². The van der Waals surface area contributed by atoms with Crippen molar-refractivity contribution < 1.29 is 19.0 Å². The van der Waals surface area contributed by atoms with E-state index >= 15 is 0 Å². The molecule has 3 aromatic carbocycles. The van der Waals surface area contributed by atoms with Crippen LogP contribution in [0.1, 0.15) is 37.5 Å². The number of carbonyl (C=O) groups is 1. The average molecular weight is 476 g/mol. The Morgan fingerprint density at radius 3 is 2.26 bits per heavy atom. The molecule has 34 heavy (non-hydrogen) atoms. The second kappa shape index (κ2) is 10.9. The Morgan fingerprint density at radius 2 is 1.68 bits per heavy atom. The first kappa shape index (κ1) is 24.9. The maximum atomic E-state index is 12.3. The molecular formula is C28H26ClNO4. The maximum Gasteiger partial charge on any atom is 0.349 e. The summed E-state index contributed by atoms with van der Waals surface area (Å²) in [5, 5.41) is 10.1.